The summed E-state index contributed by atoms with van der Waals surface area (Å²) in [6, 6.07) is 13.8. The molecule has 4 N–H and O–H groups in total. The number of carbonyl (C=O) groups excluding carboxylic acids is 1. The van der Waals surface area contributed by atoms with Crippen LogP contribution in [0.25, 0.3) is 10.8 Å². The zero-order chi connectivity index (χ0) is 28.1. The summed E-state index contributed by atoms with van der Waals surface area (Å²) < 4.78 is 38.7. The van der Waals surface area contributed by atoms with Gasteiger partial charge in [0.1, 0.15) is 6.04 Å². The highest BCUT2D eigenvalue weighted by Crippen LogP contribution is 2.31. The zero-order valence-corrected chi connectivity index (χ0v) is 21.2. The lowest BCUT2D eigenvalue weighted by atomic mass is 9.87. The Bertz CT molecular complexity index is 1320. The van der Waals surface area contributed by atoms with E-state index in [1.807, 2.05) is 12.1 Å². The number of hydrogen-bond donors (Lipinski definition) is 4. The van der Waals surface area contributed by atoms with Crippen molar-refractivity contribution in [3.63, 3.8) is 0 Å². The molecule has 1 atom stereocenters. The molecule has 3 aromatic rings. The van der Waals surface area contributed by atoms with E-state index in [1.165, 1.54) is 12.1 Å². The first-order valence-electron chi connectivity index (χ1n) is 12.2. The van der Waals surface area contributed by atoms with Gasteiger partial charge in [-0.3, -0.25) is 4.79 Å². The predicted octanol–water partition coefficient (Wildman–Crippen LogP) is 6.15. The molecule has 6 nitrogen and oxygen atoms in total. The van der Waals surface area contributed by atoms with Crippen LogP contribution in [-0.2, 0) is 17.5 Å². The third kappa shape index (κ3) is 6.72. The molecule has 0 unspecified atom stereocenters. The number of carboxylic acids is 1. The Labute approximate surface area is 219 Å². The summed E-state index contributed by atoms with van der Waals surface area (Å²) in [5.41, 5.74) is -0.592. The Kier molecular flexibility index (Phi) is 8.83. The molecule has 3 rings (SSSR count). The van der Waals surface area contributed by atoms with Gasteiger partial charge in [0.25, 0.3) is 5.91 Å². The second-order valence-electron chi connectivity index (χ2n) is 9.27. The molecule has 1 amide bonds. The Balaban J connectivity index is 1.90. The van der Waals surface area contributed by atoms with Gasteiger partial charge in [0, 0.05) is 11.9 Å². The van der Waals surface area contributed by atoms with Crippen molar-refractivity contribution >= 4 is 28.3 Å². The number of carbonyl (C=O) groups is 2. The molecular weight excluding hydrogens is 497 g/mol. The fourth-order valence-corrected chi connectivity index (χ4v) is 4.23. The Morgan fingerprint density at radius 3 is 2.18 bits per heavy atom. The van der Waals surface area contributed by atoms with Gasteiger partial charge < -0.3 is 20.8 Å². The van der Waals surface area contributed by atoms with Crippen molar-refractivity contribution in [2.24, 2.45) is 0 Å². The number of nitrogens with one attached hydrogen (secondary N) is 2. The van der Waals surface area contributed by atoms with Crippen LogP contribution < -0.4 is 10.6 Å². The summed E-state index contributed by atoms with van der Waals surface area (Å²) in [6.45, 7) is 7.52. The molecule has 0 heterocycles. The van der Waals surface area contributed by atoms with E-state index in [0.29, 0.717) is 29.5 Å². The van der Waals surface area contributed by atoms with Crippen LogP contribution in [0.4, 0.5) is 18.9 Å². The summed E-state index contributed by atoms with van der Waals surface area (Å²) in [6.07, 6.45) is -3.65. The lowest BCUT2D eigenvalue weighted by molar-refractivity contribution is -0.139. The SMILES string of the molecule is C=C(CC(O)(CC)CC)[C@H](NC(=O)c1ccc2ccccc2c1NCc1ccc(C(F)(F)F)cc1)C(=O)O. The maximum atomic E-state index is 13.4. The van der Waals surface area contributed by atoms with Crippen molar-refractivity contribution in [1.29, 1.82) is 0 Å². The van der Waals surface area contributed by atoms with Crippen molar-refractivity contribution in [3.05, 3.63) is 89.5 Å². The van der Waals surface area contributed by atoms with Crippen molar-refractivity contribution in [2.75, 3.05) is 5.32 Å². The van der Waals surface area contributed by atoms with Gasteiger partial charge in [0.15, 0.2) is 0 Å². The Hall–Kier alpha value is -3.85. The van der Waals surface area contributed by atoms with Crippen LogP contribution in [0.1, 0.15) is 54.6 Å². The maximum absolute atomic E-state index is 13.4. The van der Waals surface area contributed by atoms with Crippen LogP contribution in [0.5, 0.6) is 0 Å². The lowest BCUT2D eigenvalue weighted by Crippen LogP contribution is -2.44. The summed E-state index contributed by atoms with van der Waals surface area (Å²) in [5, 5.41) is 27.6. The van der Waals surface area contributed by atoms with Gasteiger partial charge in [-0.25, -0.2) is 4.79 Å². The molecule has 0 radical (unpaired) electrons. The number of amides is 1. The Morgan fingerprint density at radius 1 is 0.974 bits per heavy atom. The van der Waals surface area contributed by atoms with E-state index < -0.39 is 35.3 Å². The second-order valence-corrected chi connectivity index (χ2v) is 9.27. The average Bonchev–Trinajstić information content (AvgIpc) is 2.89. The third-order valence-electron chi connectivity index (χ3n) is 6.73. The van der Waals surface area contributed by atoms with E-state index in [2.05, 4.69) is 17.2 Å². The highest BCUT2D eigenvalue weighted by atomic mass is 19.4. The standard InChI is InChI=1S/C29H31F3N2O4/c1-4-28(38,5-2)16-18(3)24(27(36)37)34-26(35)23-15-12-20-8-6-7-9-22(20)25(23)33-17-19-10-13-21(14-11-19)29(30,31)32/h6-15,24,33,38H,3-5,16-17H2,1-2H3,(H,34,35)(H,36,37)/t24-/m0/s1. The van der Waals surface area contributed by atoms with Crippen LogP contribution in [0.15, 0.2) is 72.8 Å². The summed E-state index contributed by atoms with van der Waals surface area (Å²) in [5.74, 6) is -1.98. The number of anilines is 1. The molecule has 0 saturated heterocycles. The smallest absolute Gasteiger partial charge is 0.416 e. The van der Waals surface area contributed by atoms with E-state index in [9.17, 15) is 33.0 Å². The lowest BCUT2D eigenvalue weighted by Gasteiger charge is -2.28. The molecule has 3 aromatic carbocycles. The summed E-state index contributed by atoms with van der Waals surface area (Å²) in [4.78, 5) is 25.4. The van der Waals surface area contributed by atoms with Crippen LogP contribution in [-0.4, -0.2) is 33.7 Å². The highest BCUT2D eigenvalue weighted by molar-refractivity contribution is 6.09. The first-order chi connectivity index (χ1) is 17.9. The van der Waals surface area contributed by atoms with E-state index in [0.717, 1.165) is 17.5 Å². The minimum atomic E-state index is -4.44. The van der Waals surface area contributed by atoms with Crippen molar-refractivity contribution < 1.29 is 33.0 Å². The number of alkyl halides is 3. The topological polar surface area (TPSA) is 98.7 Å². The predicted molar refractivity (Wildman–Crippen MR) is 141 cm³/mol. The zero-order valence-electron chi connectivity index (χ0n) is 21.2. The van der Waals surface area contributed by atoms with Gasteiger partial charge >= 0.3 is 12.1 Å². The molecule has 0 aliphatic rings. The van der Waals surface area contributed by atoms with Crippen LogP contribution >= 0.6 is 0 Å². The van der Waals surface area contributed by atoms with Gasteiger partial charge in [0.2, 0.25) is 0 Å². The fourth-order valence-electron chi connectivity index (χ4n) is 4.23. The first-order valence-corrected chi connectivity index (χ1v) is 12.2. The quantitative estimate of drug-likeness (QED) is 0.224. The molecule has 9 heteroatoms. The molecule has 38 heavy (non-hydrogen) atoms. The minimum Gasteiger partial charge on any atom is -0.479 e. The summed E-state index contributed by atoms with van der Waals surface area (Å²) in [7, 11) is 0. The van der Waals surface area contributed by atoms with Gasteiger partial charge in [-0.05, 0) is 54.0 Å². The van der Waals surface area contributed by atoms with Crippen LogP contribution in [0, 0.1) is 0 Å². The van der Waals surface area contributed by atoms with E-state index in [-0.39, 0.29) is 24.1 Å². The number of carboxylic acid groups (broad SMARTS) is 1. The number of rotatable bonds is 11. The van der Waals surface area contributed by atoms with Crippen molar-refractivity contribution in [2.45, 2.75) is 57.5 Å². The summed E-state index contributed by atoms with van der Waals surface area (Å²) >= 11 is 0. The molecule has 0 saturated carbocycles. The molecular formula is C29H31F3N2O4. The molecule has 0 spiro atoms. The molecule has 0 fully saturated rings. The molecule has 0 aliphatic carbocycles. The average molecular weight is 529 g/mol. The molecule has 0 bridgehead atoms. The minimum absolute atomic E-state index is 0.00793. The third-order valence-corrected chi connectivity index (χ3v) is 6.73. The maximum Gasteiger partial charge on any atom is 0.416 e. The number of aliphatic carboxylic acids is 1. The van der Waals surface area contributed by atoms with Crippen LogP contribution in [0.3, 0.4) is 0 Å². The van der Waals surface area contributed by atoms with Crippen molar-refractivity contribution in [3.8, 4) is 0 Å². The van der Waals surface area contributed by atoms with Gasteiger partial charge in [-0.15, -0.1) is 0 Å². The second kappa shape index (κ2) is 11.7. The van der Waals surface area contributed by atoms with E-state index >= 15 is 0 Å². The first kappa shape index (κ1) is 28.7. The van der Waals surface area contributed by atoms with Gasteiger partial charge in [-0.2, -0.15) is 13.2 Å². The molecule has 202 valence electrons. The highest BCUT2D eigenvalue weighted by Gasteiger charge is 2.32. The number of benzene rings is 3. The molecule has 0 aliphatic heterocycles. The van der Waals surface area contributed by atoms with Gasteiger partial charge in [-0.1, -0.05) is 62.9 Å². The number of aliphatic hydroxyl groups is 1. The van der Waals surface area contributed by atoms with E-state index in [1.54, 1.807) is 38.1 Å². The molecule has 0 aromatic heterocycles. The van der Waals surface area contributed by atoms with Crippen LogP contribution in [0.2, 0.25) is 0 Å². The van der Waals surface area contributed by atoms with E-state index in [4.69, 9.17) is 0 Å². The number of hydrogen-bond acceptors (Lipinski definition) is 4. The number of halogens is 3. The fraction of sp³-hybridized carbons (Fsp3) is 0.310. The normalized spacial score (nSPS) is 12.7. The van der Waals surface area contributed by atoms with Crippen molar-refractivity contribution in [1.82, 2.24) is 5.32 Å². The largest absolute Gasteiger partial charge is 0.479 e. The Morgan fingerprint density at radius 2 is 1.61 bits per heavy atom. The van der Waals surface area contributed by atoms with Gasteiger partial charge in [0.05, 0.1) is 22.4 Å². The monoisotopic (exact) mass is 528 g/mol. The number of fused-ring (bicyclic) bond motifs is 1.